The maximum absolute atomic E-state index is 15.4. The van der Waals surface area contributed by atoms with Gasteiger partial charge in [0.1, 0.15) is 11.5 Å². The number of alkyl halides is 3. The van der Waals surface area contributed by atoms with Gasteiger partial charge in [0.05, 0.1) is 17.2 Å². The second-order valence-electron chi connectivity index (χ2n) is 12.0. The molecule has 7 nitrogen and oxygen atoms in total. The molecule has 1 aliphatic rings. The van der Waals surface area contributed by atoms with Crippen LogP contribution < -0.4 is 11.1 Å². The van der Waals surface area contributed by atoms with E-state index in [1.807, 2.05) is 30.3 Å². The summed E-state index contributed by atoms with van der Waals surface area (Å²) in [5, 5.41) is 12.1. The Hall–Kier alpha value is -4.51. The van der Waals surface area contributed by atoms with E-state index in [9.17, 15) is 18.0 Å². The van der Waals surface area contributed by atoms with E-state index in [0.29, 0.717) is 22.4 Å². The highest BCUT2D eigenvalue weighted by Gasteiger charge is 2.38. The molecule has 0 aliphatic heterocycles. The Morgan fingerprint density at radius 2 is 1.73 bits per heavy atom. The number of carbonyl (C=O) groups excluding carboxylic acids is 1. The first kappa shape index (κ1) is 30.5. The Bertz CT molecular complexity index is 1860. The fourth-order valence-corrected chi connectivity index (χ4v) is 5.80. The van der Waals surface area contributed by atoms with Crippen LogP contribution in [0.4, 0.5) is 23.4 Å². The number of nitrogens with two attached hydrogens (primary N) is 1. The third-order valence-corrected chi connectivity index (χ3v) is 8.81. The summed E-state index contributed by atoms with van der Waals surface area (Å²) in [7, 11) is 1.70. The number of hydrogen-bond donors (Lipinski definition) is 2. The molecule has 6 rings (SSSR count). The molecule has 2 heterocycles. The van der Waals surface area contributed by atoms with Gasteiger partial charge in [0.2, 0.25) is 0 Å². The molecule has 3 atom stereocenters. The monoisotopic (exact) mass is 618 g/mol. The second kappa shape index (κ2) is 11.8. The summed E-state index contributed by atoms with van der Waals surface area (Å²) in [6.07, 6.45) is -2.43. The molecular formula is C34H34F4N6O. The number of rotatable bonds is 10. The Labute approximate surface area is 258 Å². The maximum atomic E-state index is 15.4. The molecule has 5 aromatic rings. The van der Waals surface area contributed by atoms with Crippen LogP contribution in [0.25, 0.3) is 16.6 Å². The Morgan fingerprint density at radius 1 is 1.00 bits per heavy atom. The van der Waals surface area contributed by atoms with Crippen molar-refractivity contribution in [3.05, 3.63) is 107 Å². The van der Waals surface area contributed by atoms with E-state index in [4.69, 9.17) is 5.73 Å². The fourth-order valence-electron chi connectivity index (χ4n) is 5.80. The van der Waals surface area contributed by atoms with Gasteiger partial charge in [0.25, 0.3) is 0 Å². The molecule has 2 aromatic heterocycles. The van der Waals surface area contributed by atoms with Crippen LogP contribution in [0.1, 0.15) is 71.5 Å². The largest absolute Gasteiger partial charge is 0.435 e. The molecule has 1 saturated carbocycles. The lowest BCUT2D eigenvalue weighted by Crippen LogP contribution is -2.25. The van der Waals surface area contributed by atoms with Crippen molar-refractivity contribution in [1.29, 1.82) is 0 Å². The predicted octanol–water partition coefficient (Wildman–Crippen LogP) is 7.21. The van der Waals surface area contributed by atoms with Crippen molar-refractivity contribution in [2.24, 2.45) is 18.9 Å². The number of fused-ring (bicyclic) bond motifs is 1. The van der Waals surface area contributed by atoms with Gasteiger partial charge in [-0.2, -0.15) is 23.4 Å². The molecule has 3 unspecified atom stereocenters. The van der Waals surface area contributed by atoms with Crippen LogP contribution in [0.5, 0.6) is 0 Å². The minimum atomic E-state index is -4.78. The first-order valence-corrected chi connectivity index (χ1v) is 14.9. The summed E-state index contributed by atoms with van der Waals surface area (Å²) in [5.41, 5.74) is 7.65. The van der Waals surface area contributed by atoms with Gasteiger partial charge in [-0.05, 0) is 72.2 Å². The van der Waals surface area contributed by atoms with Crippen LogP contribution >= 0.6 is 0 Å². The SMILES string of the molecule is CC(C(=O)c1cc(C(F)(F)F)nn1-c1ccc2c(c1)c(N)nn2C)C(C)c1cc(C(NCC2CC2)c2ccccc2)ccc1F. The van der Waals surface area contributed by atoms with Crippen molar-refractivity contribution in [3.8, 4) is 5.69 Å². The van der Waals surface area contributed by atoms with Crippen molar-refractivity contribution in [2.75, 3.05) is 12.3 Å². The number of anilines is 1. The predicted molar refractivity (Wildman–Crippen MR) is 165 cm³/mol. The zero-order chi connectivity index (χ0) is 32.0. The first-order valence-electron chi connectivity index (χ1n) is 14.9. The van der Waals surface area contributed by atoms with E-state index < -0.39 is 35.3 Å². The molecule has 234 valence electrons. The van der Waals surface area contributed by atoms with Gasteiger partial charge < -0.3 is 11.1 Å². The molecule has 45 heavy (non-hydrogen) atoms. The number of Topliss-reactive ketones (excluding diaryl/α,β-unsaturated/α-hetero) is 1. The molecule has 1 aliphatic carbocycles. The number of nitrogens with one attached hydrogen (secondary N) is 1. The average Bonchev–Trinajstić information content (AvgIpc) is 3.66. The zero-order valence-electron chi connectivity index (χ0n) is 25.1. The summed E-state index contributed by atoms with van der Waals surface area (Å²) < 4.78 is 59.5. The van der Waals surface area contributed by atoms with Crippen LogP contribution in [0.15, 0.2) is 72.8 Å². The topological polar surface area (TPSA) is 90.8 Å². The number of hydrogen-bond acceptors (Lipinski definition) is 5. The number of nitrogens with zero attached hydrogens (tertiary/aromatic N) is 4. The van der Waals surface area contributed by atoms with Crippen LogP contribution in [0.3, 0.4) is 0 Å². The third-order valence-electron chi connectivity index (χ3n) is 8.81. The normalized spacial score (nSPS) is 15.7. The number of aryl methyl sites for hydroxylation is 1. The molecule has 0 radical (unpaired) electrons. The van der Waals surface area contributed by atoms with Crippen LogP contribution in [0, 0.1) is 17.7 Å². The van der Waals surface area contributed by atoms with Crippen molar-refractivity contribution in [2.45, 2.75) is 44.8 Å². The van der Waals surface area contributed by atoms with E-state index >= 15 is 4.39 Å². The van der Waals surface area contributed by atoms with E-state index in [2.05, 4.69) is 15.5 Å². The van der Waals surface area contributed by atoms with E-state index in [-0.39, 0.29) is 23.2 Å². The van der Waals surface area contributed by atoms with Crippen LogP contribution in [-0.4, -0.2) is 31.9 Å². The van der Waals surface area contributed by atoms with Gasteiger partial charge in [-0.1, -0.05) is 56.3 Å². The zero-order valence-corrected chi connectivity index (χ0v) is 25.1. The minimum absolute atomic E-state index is 0.185. The number of nitrogen functional groups attached to an aromatic ring is 1. The van der Waals surface area contributed by atoms with Gasteiger partial charge in [-0.15, -0.1) is 0 Å². The number of benzene rings is 3. The van der Waals surface area contributed by atoms with Crippen molar-refractivity contribution in [3.63, 3.8) is 0 Å². The third kappa shape index (κ3) is 6.09. The molecule has 0 amide bonds. The number of aromatic nitrogens is 4. The van der Waals surface area contributed by atoms with E-state index in [1.54, 1.807) is 55.9 Å². The van der Waals surface area contributed by atoms with Crippen molar-refractivity contribution < 1.29 is 22.4 Å². The van der Waals surface area contributed by atoms with Gasteiger partial charge in [-0.25, -0.2) is 9.07 Å². The van der Waals surface area contributed by atoms with Crippen LogP contribution in [-0.2, 0) is 13.2 Å². The number of ketones is 1. The van der Waals surface area contributed by atoms with Gasteiger partial charge in [0.15, 0.2) is 17.3 Å². The molecule has 3 N–H and O–H groups in total. The summed E-state index contributed by atoms with van der Waals surface area (Å²) in [4.78, 5) is 14.0. The highest BCUT2D eigenvalue weighted by Crippen LogP contribution is 2.36. The maximum Gasteiger partial charge on any atom is 0.435 e. The lowest BCUT2D eigenvalue weighted by Gasteiger charge is -2.24. The summed E-state index contributed by atoms with van der Waals surface area (Å²) in [6.45, 7) is 4.15. The standard InChI is InChI=1S/C34H34F4N6O/c1-19(25-15-23(11-13-27(25)35)31(40-18-21-9-10-21)22-7-5-4-6-8-22)20(2)32(45)29-17-30(34(36,37)38)41-44(29)24-12-14-28-26(16-24)33(39)42-43(28)3/h4-8,11-17,19-21,31,40H,9-10,18H2,1-3H3,(H2,39,42). The fraction of sp³-hybridized carbons (Fsp3) is 0.324. The second-order valence-corrected chi connectivity index (χ2v) is 12.0. The highest BCUT2D eigenvalue weighted by atomic mass is 19.4. The quantitative estimate of drug-likeness (QED) is 0.128. The van der Waals surface area contributed by atoms with Crippen LogP contribution in [0.2, 0.25) is 0 Å². The highest BCUT2D eigenvalue weighted by molar-refractivity contribution is 5.98. The van der Waals surface area contributed by atoms with Crippen molar-refractivity contribution in [1.82, 2.24) is 24.9 Å². The number of carbonyl (C=O) groups is 1. The van der Waals surface area contributed by atoms with E-state index in [0.717, 1.165) is 28.4 Å². The van der Waals surface area contributed by atoms with Gasteiger partial charge in [-0.3, -0.25) is 9.48 Å². The van der Waals surface area contributed by atoms with E-state index in [1.165, 1.54) is 18.9 Å². The first-order chi connectivity index (χ1) is 21.4. The molecule has 0 spiro atoms. The molecular weight excluding hydrogens is 584 g/mol. The Kier molecular flexibility index (Phi) is 7.98. The molecule has 11 heteroatoms. The molecule has 3 aromatic carbocycles. The Balaban J connectivity index is 1.35. The summed E-state index contributed by atoms with van der Waals surface area (Å²) in [6, 6.07) is 20.1. The average molecular weight is 619 g/mol. The summed E-state index contributed by atoms with van der Waals surface area (Å²) >= 11 is 0. The van der Waals surface area contributed by atoms with Gasteiger partial charge in [0, 0.05) is 24.4 Å². The summed E-state index contributed by atoms with van der Waals surface area (Å²) in [5.74, 6) is -1.81. The smallest absolute Gasteiger partial charge is 0.382 e. The minimum Gasteiger partial charge on any atom is -0.382 e. The lowest BCUT2D eigenvalue weighted by atomic mass is 9.83. The lowest BCUT2D eigenvalue weighted by molar-refractivity contribution is -0.141. The van der Waals surface area contributed by atoms with Crippen molar-refractivity contribution >= 4 is 22.5 Å². The molecule has 1 fully saturated rings. The molecule has 0 bridgehead atoms. The number of halogens is 4. The molecule has 0 saturated heterocycles. The van der Waals surface area contributed by atoms with Gasteiger partial charge >= 0.3 is 6.18 Å². The Morgan fingerprint density at radius 3 is 2.42 bits per heavy atom.